The van der Waals surface area contributed by atoms with Gasteiger partial charge in [-0.05, 0) is 59.7 Å². The molecule has 1 atom stereocenters. The van der Waals surface area contributed by atoms with Crippen molar-refractivity contribution in [1.82, 2.24) is 9.58 Å². The Balaban J connectivity index is 1.64. The van der Waals surface area contributed by atoms with Gasteiger partial charge in [-0.15, -0.1) is 4.68 Å². The third kappa shape index (κ3) is 6.83. The maximum Gasteiger partial charge on any atom is 0.410 e. The van der Waals surface area contributed by atoms with E-state index in [2.05, 4.69) is 0 Å². The number of nitrogens with two attached hydrogens (primary N) is 1. The first-order valence-corrected chi connectivity index (χ1v) is 11.5. The summed E-state index contributed by atoms with van der Waals surface area (Å²) in [5, 5.41) is 11.8. The number of hydrogen-bond donors (Lipinski definition) is 2. The van der Waals surface area contributed by atoms with Crippen molar-refractivity contribution < 1.29 is 38.4 Å². The molecular formula is C24H37N4O7+. The van der Waals surface area contributed by atoms with E-state index in [4.69, 9.17) is 24.9 Å². The topological polar surface area (TPSA) is 129 Å². The lowest BCUT2D eigenvalue weighted by molar-refractivity contribution is -0.783. The van der Waals surface area contributed by atoms with Crippen LogP contribution in [0.1, 0.15) is 41.5 Å². The Labute approximate surface area is 205 Å². The van der Waals surface area contributed by atoms with Crippen molar-refractivity contribution >= 4 is 23.0 Å². The Morgan fingerprint density at radius 3 is 2.34 bits per heavy atom. The van der Waals surface area contributed by atoms with E-state index in [0.29, 0.717) is 12.3 Å². The molecule has 3 N–H and O–H groups in total. The first-order valence-electron chi connectivity index (χ1n) is 11.5. The van der Waals surface area contributed by atoms with Crippen LogP contribution in [0.4, 0.5) is 4.79 Å². The molecule has 1 saturated heterocycles. The molecule has 2 heterocycles. The summed E-state index contributed by atoms with van der Waals surface area (Å²) in [5.74, 6) is 5.19. The number of benzene rings is 1. The van der Waals surface area contributed by atoms with E-state index in [0.717, 1.165) is 10.9 Å². The van der Waals surface area contributed by atoms with Crippen LogP contribution in [0.2, 0.25) is 0 Å². The van der Waals surface area contributed by atoms with Crippen molar-refractivity contribution in [3.8, 4) is 5.75 Å². The molecule has 1 unspecified atom stereocenters. The molecule has 35 heavy (non-hydrogen) atoms. The fraction of sp³-hybridized carbons (Fsp3) is 0.625. The Morgan fingerprint density at radius 1 is 1.14 bits per heavy atom. The van der Waals surface area contributed by atoms with Crippen LogP contribution in [0.5, 0.6) is 5.75 Å². The summed E-state index contributed by atoms with van der Waals surface area (Å²) in [5.41, 5.74) is -1.39. The molecular weight excluding hydrogens is 456 g/mol. The number of aliphatic hydroxyl groups is 1. The highest BCUT2D eigenvalue weighted by Crippen LogP contribution is 2.25. The van der Waals surface area contributed by atoms with Crippen LogP contribution in [0.25, 0.3) is 10.9 Å². The normalized spacial score (nSPS) is 16.5. The molecule has 0 spiro atoms. The molecule has 1 fully saturated rings. The smallest absolute Gasteiger partial charge is 0.410 e. The summed E-state index contributed by atoms with van der Waals surface area (Å²) in [6.07, 6.45) is 0.393. The first kappa shape index (κ1) is 26.7. The summed E-state index contributed by atoms with van der Waals surface area (Å²) >= 11 is 0. The molecule has 1 aliphatic rings. The van der Waals surface area contributed by atoms with E-state index in [-0.39, 0.29) is 19.7 Å². The van der Waals surface area contributed by atoms with Crippen molar-refractivity contribution in [2.45, 2.75) is 71.0 Å². The maximum absolute atomic E-state index is 12.2. The molecule has 11 heteroatoms. The Morgan fingerprint density at radius 2 is 1.77 bits per heavy atom. The van der Waals surface area contributed by atoms with E-state index in [9.17, 15) is 14.7 Å². The van der Waals surface area contributed by atoms with Crippen molar-refractivity contribution in [1.29, 1.82) is 0 Å². The number of aryl methyl sites for hydroxylation is 1. The quantitative estimate of drug-likeness (QED) is 0.337. The van der Waals surface area contributed by atoms with Gasteiger partial charge in [-0.3, -0.25) is 4.84 Å². The third-order valence-corrected chi connectivity index (χ3v) is 5.33. The van der Waals surface area contributed by atoms with E-state index in [1.165, 1.54) is 4.90 Å². The SMILES string of the molecule is Cn1c2ccc(OCC(ON)C(=O)OC(C)(C)C)cc2c[n+]1CC1(O)CN(C(=O)OC(C)(C)C)C1. The van der Waals surface area contributed by atoms with Gasteiger partial charge in [0.15, 0.2) is 5.60 Å². The largest absolute Gasteiger partial charge is 0.490 e. The van der Waals surface area contributed by atoms with E-state index < -0.39 is 35.0 Å². The number of hydrogen-bond acceptors (Lipinski definition) is 8. The zero-order chi connectivity index (χ0) is 26.2. The second kappa shape index (κ2) is 9.63. The zero-order valence-corrected chi connectivity index (χ0v) is 21.5. The van der Waals surface area contributed by atoms with Crippen molar-refractivity contribution in [2.75, 3.05) is 19.7 Å². The highest BCUT2D eigenvalue weighted by atomic mass is 16.7. The highest BCUT2D eigenvalue weighted by molar-refractivity contribution is 5.79. The molecule has 0 radical (unpaired) electrons. The molecule has 1 aliphatic heterocycles. The van der Waals surface area contributed by atoms with E-state index in [1.807, 2.05) is 34.7 Å². The van der Waals surface area contributed by atoms with Crippen LogP contribution in [0.3, 0.4) is 0 Å². The number of likely N-dealkylation sites (tertiary alicyclic amines) is 1. The molecule has 0 aliphatic carbocycles. The van der Waals surface area contributed by atoms with Gasteiger partial charge in [-0.2, -0.15) is 4.68 Å². The molecule has 1 amide bonds. The molecule has 2 aromatic rings. The average Bonchev–Trinajstić information content (AvgIpc) is 2.98. The lowest BCUT2D eigenvalue weighted by atomic mass is 9.95. The molecule has 1 aromatic heterocycles. The van der Waals surface area contributed by atoms with Crippen molar-refractivity contribution in [2.24, 2.45) is 12.9 Å². The third-order valence-electron chi connectivity index (χ3n) is 5.33. The molecule has 194 valence electrons. The van der Waals surface area contributed by atoms with Gasteiger partial charge in [0.1, 0.15) is 29.1 Å². The number of esters is 1. The Bertz CT molecular complexity index is 1080. The van der Waals surface area contributed by atoms with Crippen LogP contribution in [0.15, 0.2) is 24.4 Å². The number of aromatic nitrogens is 2. The first-order chi connectivity index (χ1) is 16.1. The highest BCUT2D eigenvalue weighted by Gasteiger charge is 2.49. The van der Waals surface area contributed by atoms with Crippen molar-refractivity contribution in [3.05, 3.63) is 24.4 Å². The van der Waals surface area contributed by atoms with E-state index >= 15 is 0 Å². The number of nitrogens with zero attached hydrogens (tertiary/aromatic N) is 3. The predicted molar refractivity (Wildman–Crippen MR) is 126 cm³/mol. The van der Waals surface area contributed by atoms with Gasteiger partial charge >= 0.3 is 12.1 Å². The standard InChI is InChI=1S/C24H37N4O7/c1-22(2,3)33-20(29)19(35-25)12-32-17-8-9-18-16(10-17)11-28(26(18)7)15-24(31)13-27(14-24)21(30)34-23(4,5)6/h8-11,19,31H,12-15,25H2,1-7H3/q+1. The molecule has 0 bridgehead atoms. The van der Waals surface area contributed by atoms with Crippen LogP contribution in [0, 0.1) is 0 Å². The van der Waals surface area contributed by atoms with Crippen LogP contribution in [-0.2, 0) is 32.7 Å². The fourth-order valence-corrected chi connectivity index (χ4v) is 3.78. The van der Waals surface area contributed by atoms with Gasteiger partial charge in [-0.1, -0.05) is 0 Å². The number of amides is 1. The second-order valence-corrected chi connectivity index (χ2v) is 11.0. The maximum atomic E-state index is 12.2. The molecule has 1 aromatic carbocycles. The molecule has 0 saturated carbocycles. The molecule has 3 rings (SSSR count). The van der Waals surface area contributed by atoms with Crippen LogP contribution in [-0.4, -0.2) is 69.4 Å². The van der Waals surface area contributed by atoms with Crippen molar-refractivity contribution in [3.63, 3.8) is 0 Å². The minimum atomic E-state index is -1.06. The minimum Gasteiger partial charge on any atom is -0.490 e. The average molecular weight is 494 g/mol. The number of rotatable bonds is 7. The predicted octanol–water partition coefficient (Wildman–Crippen LogP) is 1.43. The zero-order valence-electron chi connectivity index (χ0n) is 21.5. The summed E-state index contributed by atoms with van der Waals surface area (Å²) in [7, 11) is 1.89. The Kier molecular flexibility index (Phi) is 7.35. The van der Waals surface area contributed by atoms with Crippen LogP contribution >= 0.6 is 0 Å². The van der Waals surface area contributed by atoms with Gasteiger partial charge in [0, 0.05) is 0 Å². The summed E-state index contributed by atoms with van der Waals surface area (Å²) in [6.45, 7) is 11.3. The van der Waals surface area contributed by atoms with Gasteiger partial charge < -0.3 is 24.2 Å². The fourth-order valence-electron chi connectivity index (χ4n) is 3.78. The lowest BCUT2D eigenvalue weighted by Gasteiger charge is -2.44. The number of carbonyl (C=O) groups excluding carboxylic acids is 2. The lowest BCUT2D eigenvalue weighted by Crippen LogP contribution is -2.69. The van der Waals surface area contributed by atoms with Gasteiger partial charge in [0.25, 0.3) is 0 Å². The van der Waals surface area contributed by atoms with Gasteiger partial charge in [-0.25, -0.2) is 15.5 Å². The monoisotopic (exact) mass is 493 g/mol. The second-order valence-electron chi connectivity index (χ2n) is 11.0. The number of carbonyl (C=O) groups is 2. The van der Waals surface area contributed by atoms with Gasteiger partial charge in [0.05, 0.1) is 25.5 Å². The van der Waals surface area contributed by atoms with E-state index in [1.54, 1.807) is 47.6 Å². The Hall–Kier alpha value is -2.89. The summed E-state index contributed by atoms with van der Waals surface area (Å²) in [6, 6.07) is 5.48. The molecule has 11 nitrogen and oxygen atoms in total. The number of fused-ring (bicyclic) bond motifs is 1. The summed E-state index contributed by atoms with van der Waals surface area (Å²) in [4.78, 5) is 30.6. The number of β-amino-alcohol motifs (C(OH)–C–C–N with tert-alkyl or cyclic N) is 1. The van der Waals surface area contributed by atoms with Crippen LogP contribution < -0.4 is 15.3 Å². The summed E-state index contributed by atoms with van der Waals surface area (Å²) < 4.78 is 20.2. The number of ether oxygens (including phenoxy) is 3. The van der Waals surface area contributed by atoms with Gasteiger partial charge in [0.2, 0.25) is 18.8 Å². The minimum absolute atomic E-state index is 0.107.